The van der Waals surface area contributed by atoms with Gasteiger partial charge in [0.1, 0.15) is 6.10 Å². The lowest BCUT2D eigenvalue weighted by molar-refractivity contribution is -0.236. The van der Waals surface area contributed by atoms with Gasteiger partial charge in [-0.15, -0.1) is 0 Å². The quantitative estimate of drug-likeness (QED) is 0.627. The molecule has 1 saturated heterocycles. The van der Waals surface area contributed by atoms with Crippen LogP contribution in [0.25, 0.3) is 0 Å². The number of hydrogen-bond acceptors (Lipinski definition) is 4. The summed E-state index contributed by atoms with van der Waals surface area (Å²) in [7, 11) is 0. The fraction of sp³-hybridized carbons (Fsp3) is 0.458. The molecule has 0 spiro atoms. The first-order valence-corrected chi connectivity index (χ1v) is 10.4. The molecule has 4 nitrogen and oxygen atoms in total. The van der Waals surface area contributed by atoms with Crippen LogP contribution in [0, 0.1) is 5.92 Å². The van der Waals surface area contributed by atoms with E-state index < -0.39 is 0 Å². The minimum Gasteiger partial charge on any atom is -0.300 e. The lowest BCUT2D eigenvalue weighted by Gasteiger charge is -2.42. The molecule has 3 unspecified atom stereocenters. The van der Waals surface area contributed by atoms with Crippen molar-refractivity contribution in [1.82, 2.24) is 9.96 Å². The Morgan fingerprint density at radius 3 is 2.32 bits per heavy atom. The molecule has 0 N–H and O–H groups in total. The summed E-state index contributed by atoms with van der Waals surface area (Å²) >= 11 is 0. The van der Waals surface area contributed by atoms with E-state index in [-0.39, 0.29) is 17.8 Å². The van der Waals surface area contributed by atoms with Crippen LogP contribution in [0.4, 0.5) is 0 Å². The van der Waals surface area contributed by atoms with E-state index in [1.54, 1.807) is 0 Å². The van der Waals surface area contributed by atoms with Gasteiger partial charge in [0.15, 0.2) is 5.78 Å². The highest BCUT2D eigenvalue weighted by atomic mass is 16.7. The number of benzene rings is 2. The smallest absolute Gasteiger partial charge is 0.166 e. The fourth-order valence-electron chi connectivity index (χ4n) is 3.89. The molecule has 0 saturated carbocycles. The molecule has 4 heteroatoms. The standard InChI is InChI=1S/C24H32N2O2/c1-4-23-18-25(17-19(2)24(27)22-13-9-6-10-14-22)15-16-26(23)28-20(3)21-11-7-5-8-12-21/h5-14,19-20,23H,4,15-18H2,1-3H3. The molecule has 3 atom stereocenters. The Labute approximate surface area is 169 Å². The van der Waals surface area contributed by atoms with Gasteiger partial charge < -0.3 is 0 Å². The molecular weight excluding hydrogens is 348 g/mol. The van der Waals surface area contributed by atoms with Gasteiger partial charge in [0.2, 0.25) is 0 Å². The first-order chi connectivity index (χ1) is 13.6. The zero-order chi connectivity index (χ0) is 19.9. The maximum atomic E-state index is 12.7. The van der Waals surface area contributed by atoms with Crippen LogP contribution in [-0.2, 0) is 4.84 Å². The van der Waals surface area contributed by atoms with E-state index in [2.05, 4.69) is 48.1 Å². The topological polar surface area (TPSA) is 32.8 Å². The van der Waals surface area contributed by atoms with Crippen molar-refractivity contribution in [3.8, 4) is 0 Å². The number of rotatable bonds is 8. The molecule has 0 aromatic heterocycles. The summed E-state index contributed by atoms with van der Waals surface area (Å²) < 4.78 is 0. The maximum absolute atomic E-state index is 12.7. The molecule has 0 bridgehead atoms. The molecule has 28 heavy (non-hydrogen) atoms. The summed E-state index contributed by atoms with van der Waals surface area (Å²) in [6.45, 7) is 9.87. The van der Waals surface area contributed by atoms with Gasteiger partial charge in [-0.1, -0.05) is 74.5 Å². The van der Waals surface area contributed by atoms with Gasteiger partial charge in [-0.2, -0.15) is 5.06 Å². The summed E-state index contributed by atoms with van der Waals surface area (Å²) in [6.07, 6.45) is 1.07. The summed E-state index contributed by atoms with van der Waals surface area (Å²) in [5, 5.41) is 2.15. The minimum atomic E-state index is -0.00406. The highest BCUT2D eigenvalue weighted by Gasteiger charge is 2.29. The highest BCUT2D eigenvalue weighted by Crippen LogP contribution is 2.23. The number of piperazine rings is 1. The van der Waals surface area contributed by atoms with E-state index in [1.807, 2.05) is 43.3 Å². The number of carbonyl (C=O) groups is 1. The lowest BCUT2D eigenvalue weighted by Crippen LogP contribution is -2.54. The van der Waals surface area contributed by atoms with Crippen molar-refractivity contribution in [2.75, 3.05) is 26.2 Å². The monoisotopic (exact) mass is 380 g/mol. The lowest BCUT2D eigenvalue weighted by atomic mass is 9.98. The van der Waals surface area contributed by atoms with E-state index in [0.29, 0.717) is 6.04 Å². The Morgan fingerprint density at radius 1 is 1.04 bits per heavy atom. The van der Waals surface area contributed by atoms with Gasteiger partial charge in [0.05, 0.1) is 0 Å². The van der Waals surface area contributed by atoms with Crippen molar-refractivity contribution in [3.05, 3.63) is 71.8 Å². The van der Waals surface area contributed by atoms with E-state index in [4.69, 9.17) is 4.84 Å². The summed E-state index contributed by atoms with van der Waals surface area (Å²) in [6, 6.07) is 20.3. The second kappa shape index (κ2) is 9.97. The molecule has 2 aromatic rings. The van der Waals surface area contributed by atoms with Crippen LogP contribution in [-0.4, -0.2) is 48.0 Å². The van der Waals surface area contributed by atoms with Crippen LogP contribution in [0.3, 0.4) is 0 Å². The largest absolute Gasteiger partial charge is 0.300 e. The second-order valence-electron chi connectivity index (χ2n) is 7.75. The Bertz CT molecular complexity index is 735. The zero-order valence-electron chi connectivity index (χ0n) is 17.3. The van der Waals surface area contributed by atoms with E-state index in [0.717, 1.165) is 38.2 Å². The molecule has 1 heterocycles. The van der Waals surface area contributed by atoms with E-state index in [9.17, 15) is 4.79 Å². The molecule has 1 fully saturated rings. The highest BCUT2D eigenvalue weighted by molar-refractivity contribution is 5.97. The number of hydroxylamine groups is 2. The molecule has 1 aliphatic heterocycles. The number of carbonyl (C=O) groups excluding carboxylic acids is 1. The minimum absolute atomic E-state index is 0.00406. The van der Waals surface area contributed by atoms with Gasteiger partial charge in [0.25, 0.3) is 0 Å². The Morgan fingerprint density at radius 2 is 1.68 bits per heavy atom. The fourth-order valence-corrected chi connectivity index (χ4v) is 3.89. The Hall–Kier alpha value is -2.01. The van der Waals surface area contributed by atoms with Crippen molar-refractivity contribution < 1.29 is 9.63 Å². The molecule has 1 aliphatic rings. The second-order valence-corrected chi connectivity index (χ2v) is 7.75. The summed E-state index contributed by atoms with van der Waals surface area (Å²) in [4.78, 5) is 21.4. The summed E-state index contributed by atoms with van der Waals surface area (Å²) in [5.74, 6) is 0.223. The average Bonchev–Trinajstić information content (AvgIpc) is 2.75. The van der Waals surface area contributed by atoms with Crippen molar-refractivity contribution in [2.24, 2.45) is 5.92 Å². The van der Waals surface area contributed by atoms with Crippen LogP contribution < -0.4 is 0 Å². The third kappa shape index (κ3) is 5.28. The molecule has 0 aliphatic carbocycles. The van der Waals surface area contributed by atoms with Crippen molar-refractivity contribution in [1.29, 1.82) is 0 Å². The average molecular weight is 381 g/mol. The predicted octanol–water partition coefficient (Wildman–Crippen LogP) is 4.59. The maximum Gasteiger partial charge on any atom is 0.166 e. The van der Waals surface area contributed by atoms with Gasteiger partial charge >= 0.3 is 0 Å². The molecule has 0 radical (unpaired) electrons. The van der Waals surface area contributed by atoms with Crippen LogP contribution >= 0.6 is 0 Å². The van der Waals surface area contributed by atoms with Gasteiger partial charge in [-0.25, -0.2) is 0 Å². The molecule has 3 rings (SSSR count). The number of hydrogen-bond donors (Lipinski definition) is 0. The van der Waals surface area contributed by atoms with Crippen LogP contribution in [0.15, 0.2) is 60.7 Å². The SMILES string of the molecule is CCC1CN(CC(C)C(=O)c2ccccc2)CCN1OC(C)c1ccccc1. The predicted molar refractivity (Wildman–Crippen MR) is 113 cm³/mol. The van der Waals surface area contributed by atoms with Crippen LogP contribution in [0.1, 0.15) is 49.2 Å². The van der Waals surface area contributed by atoms with Gasteiger partial charge in [0, 0.05) is 43.7 Å². The molecular formula is C24H32N2O2. The van der Waals surface area contributed by atoms with Crippen LogP contribution in [0.5, 0.6) is 0 Å². The first kappa shape index (κ1) is 20.7. The normalized spacial score (nSPS) is 20.6. The Balaban J connectivity index is 1.54. The zero-order valence-corrected chi connectivity index (χ0v) is 17.3. The van der Waals surface area contributed by atoms with Gasteiger partial charge in [-0.3, -0.25) is 14.5 Å². The molecule has 150 valence electrons. The van der Waals surface area contributed by atoms with Crippen molar-refractivity contribution in [3.63, 3.8) is 0 Å². The van der Waals surface area contributed by atoms with E-state index >= 15 is 0 Å². The number of nitrogens with zero attached hydrogens (tertiary/aromatic N) is 2. The van der Waals surface area contributed by atoms with Crippen molar-refractivity contribution >= 4 is 5.78 Å². The number of Topliss-reactive ketones (excluding diaryl/α,β-unsaturated/α-hetero) is 1. The van der Waals surface area contributed by atoms with Crippen LogP contribution in [0.2, 0.25) is 0 Å². The van der Waals surface area contributed by atoms with E-state index in [1.165, 1.54) is 5.56 Å². The molecule has 2 aromatic carbocycles. The Kier molecular flexibility index (Phi) is 7.37. The van der Waals surface area contributed by atoms with Gasteiger partial charge in [-0.05, 0) is 18.9 Å². The van der Waals surface area contributed by atoms with Crippen molar-refractivity contribution in [2.45, 2.75) is 39.3 Å². The summed E-state index contributed by atoms with van der Waals surface area (Å²) in [5.41, 5.74) is 2.00. The third-order valence-electron chi connectivity index (χ3n) is 5.58. The molecule has 0 amide bonds. The first-order valence-electron chi connectivity index (χ1n) is 10.4. The third-order valence-corrected chi connectivity index (χ3v) is 5.58. The number of ketones is 1.